The summed E-state index contributed by atoms with van der Waals surface area (Å²) in [6.07, 6.45) is 5.27. The zero-order valence-electron chi connectivity index (χ0n) is 20.9. The number of hydrogen-bond acceptors (Lipinski definition) is 10. The number of anilines is 3. The molecule has 1 aromatic heterocycles. The number of nitrogens with one attached hydrogen (secondary N) is 2. The average Bonchev–Trinajstić information content (AvgIpc) is 2.93. The van der Waals surface area contributed by atoms with Crippen molar-refractivity contribution in [3.8, 4) is 6.07 Å². The number of likely N-dealkylation sites (tertiary alicyclic amines) is 1. The van der Waals surface area contributed by atoms with Gasteiger partial charge in [-0.25, -0.2) is 4.98 Å². The monoisotopic (exact) mass is 504 g/mol. The molecule has 2 aliphatic heterocycles. The third-order valence-electron chi connectivity index (χ3n) is 6.84. The van der Waals surface area contributed by atoms with Crippen molar-refractivity contribution in [1.29, 1.82) is 5.26 Å². The number of nitriles is 1. The Bertz CT molecular complexity index is 1170. The van der Waals surface area contributed by atoms with Crippen LogP contribution < -0.4 is 15.6 Å². The molecule has 0 saturated carbocycles. The first kappa shape index (κ1) is 26.0. The summed E-state index contributed by atoms with van der Waals surface area (Å²) in [6.45, 7) is 3.56. The molecular weight excluding hydrogens is 472 g/mol. The van der Waals surface area contributed by atoms with E-state index in [-0.39, 0.29) is 11.8 Å². The van der Waals surface area contributed by atoms with Crippen LogP contribution >= 0.6 is 0 Å². The number of carboxylic acid groups (broad SMARTS) is 1. The first-order chi connectivity index (χ1) is 18.0. The number of piperidine rings is 2. The summed E-state index contributed by atoms with van der Waals surface area (Å²) >= 11 is 0. The summed E-state index contributed by atoms with van der Waals surface area (Å²) in [6, 6.07) is 10.2. The minimum atomic E-state index is -0.705. The fraction of sp³-hybridized carbons (Fsp3) is 0.462. The third kappa shape index (κ3) is 6.59. The Morgan fingerprint density at radius 1 is 1.22 bits per heavy atom. The number of carbonyl (C=O) groups is 2. The molecule has 2 saturated heterocycles. The summed E-state index contributed by atoms with van der Waals surface area (Å²) in [4.78, 5) is 36.7. The van der Waals surface area contributed by atoms with E-state index in [4.69, 9.17) is 0 Å². The Morgan fingerprint density at radius 2 is 1.97 bits per heavy atom. The average molecular weight is 505 g/mol. The number of aromatic nitrogens is 2. The zero-order chi connectivity index (χ0) is 26.2. The van der Waals surface area contributed by atoms with E-state index >= 15 is 0 Å². The number of aldehydes is 1. The van der Waals surface area contributed by atoms with Gasteiger partial charge in [-0.2, -0.15) is 15.3 Å². The van der Waals surface area contributed by atoms with Crippen LogP contribution in [0.1, 0.15) is 47.3 Å². The van der Waals surface area contributed by atoms with Gasteiger partial charge in [-0.05, 0) is 56.5 Å². The highest BCUT2D eigenvalue weighted by atomic mass is 16.4. The number of nitrogens with zero attached hydrogens (tertiary/aromatic N) is 6. The highest BCUT2D eigenvalue weighted by molar-refractivity contribution is 5.96. The Morgan fingerprint density at radius 3 is 2.62 bits per heavy atom. The van der Waals surface area contributed by atoms with Gasteiger partial charge in [0.2, 0.25) is 5.95 Å². The molecule has 0 aliphatic carbocycles. The first-order valence-corrected chi connectivity index (χ1v) is 12.5. The van der Waals surface area contributed by atoms with E-state index in [0.29, 0.717) is 48.7 Å². The van der Waals surface area contributed by atoms with Gasteiger partial charge < -0.3 is 20.7 Å². The lowest BCUT2D eigenvalue weighted by Gasteiger charge is -2.30. The molecule has 194 valence electrons. The summed E-state index contributed by atoms with van der Waals surface area (Å²) in [7, 11) is 1.66. The van der Waals surface area contributed by atoms with Gasteiger partial charge in [0.1, 0.15) is 11.5 Å². The predicted molar refractivity (Wildman–Crippen MR) is 140 cm³/mol. The second-order valence-electron chi connectivity index (χ2n) is 9.40. The van der Waals surface area contributed by atoms with E-state index in [2.05, 4.69) is 36.8 Å². The van der Waals surface area contributed by atoms with Crippen molar-refractivity contribution in [2.45, 2.75) is 32.2 Å². The largest absolute Gasteiger partial charge is 0.481 e. The predicted octanol–water partition coefficient (Wildman–Crippen LogP) is 2.62. The lowest BCUT2D eigenvalue weighted by Crippen LogP contribution is -2.36. The van der Waals surface area contributed by atoms with Crippen LogP contribution in [-0.4, -0.2) is 71.7 Å². The van der Waals surface area contributed by atoms with E-state index in [1.54, 1.807) is 7.05 Å². The van der Waals surface area contributed by atoms with Crippen molar-refractivity contribution in [3.05, 3.63) is 41.1 Å². The van der Waals surface area contributed by atoms with Gasteiger partial charge in [0.05, 0.1) is 29.7 Å². The molecular formula is C26H32N8O3. The number of rotatable bonds is 9. The minimum absolute atomic E-state index is 0.0867. The smallest absolute Gasteiger partial charge is 0.306 e. The molecule has 1 unspecified atom stereocenters. The van der Waals surface area contributed by atoms with E-state index < -0.39 is 5.97 Å². The van der Waals surface area contributed by atoms with Crippen molar-refractivity contribution < 1.29 is 14.7 Å². The summed E-state index contributed by atoms with van der Waals surface area (Å²) in [5.41, 5.74) is 5.25. The molecule has 0 radical (unpaired) electrons. The van der Waals surface area contributed by atoms with Gasteiger partial charge in [-0.1, -0.05) is 12.1 Å². The molecule has 4 rings (SSSR count). The molecule has 1 aromatic carbocycles. The third-order valence-corrected chi connectivity index (χ3v) is 6.84. The molecule has 2 aromatic rings. The van der Waals surface area contributed by atoms with Gasteiger partial charge in [0.15, 0.2) is 6.29 Å². The van der Waals surface area contributed by atoms with Gasteiger partial charge in [0.25, 0.3) is 0 Å². The second kappa shape index (κ2) is 12.3. The fourth-order valence-electron chi connectivity index (χ4n) is 4.74. The summed E-state index contributed by atoms with van der Waals surface area (Å²) in [5, 5.41) is 25.9. The number of hydrazone groups is 1. The van der Waals surface area contributed by atoms with E-state index in [1.165, 1.54) is 6.21 Å². The Labute approximate surface area is 216 Å². The maximum Gasteiger partial charge on any atom is 0.306 e. The van der Waals surface area contributed by atoms with Crippen LogP contribution in [0.25, 0.3) is 0 Å². The number of aliphatic carboxylic acids is 1. The lowest BCUT2D eigenvalue weighted by atomic mass is 9.97. The highest BCUT2D eigenvalue weighted by Gasteiger charge is 2.25. The number of hydrogen-bond donors (Lipinski definition) is 3. The maximum absolute atomic E-state index is 12.0. The SMILES string of the molecule is CN/N=C\c1nc(N2CCCC(C#N)C2)nc(Nc2ccc(CN3CCC(C(=O)O)CC3)cc2)c1C=O. The van der Waals surface area contributed by atoms with Crippen LogP contribution in [-0.2, 0) is 11.3 Å². The summed E-state index contributed by atoms with van der Waals surface area (Å²) < 4.78 is 0. The Kier molecular flexibility index (Phi) is 8.64. The van der Waals surface area contributed by atoms with Crippen LogP contribution in [0.3, 0.4) is 0 Å². The van der Waals surface area contributed by atoms with Gasteiger partial charge in [-0.15, -0.1) is 0 Å². The molecule has 1 atom stereocenters. The zero-order valence-corrected chi connectivity index (χ0v) is 20.9. The maximum atomic E-state index is 12.0. The second-order valence-corrected chi connectivity index (χ2v) is 9.40. The number of carboxylic acids is 1. The van der Waals surface area contributed by atoms with Crippen molar-refractivity contribution in [2.75, 3.05) is 43.4 Å². The molecule has 0 spiro atoms. The quantitative estimate of drug-likeness (QED) is 0.264. The molecule has 0 bridgehead atoms. The van der Waals surface area contributed by atoms with Gasteiger partial charge >= 0.3 is 5.97 Å². The molecule has 3 N–H and O–H groups in total. The van der Waals surface area contributed by atoms with E-state index in [9.17, 15) is 20.0 Å². The standard InChI is InChI=1S/C26H32N8O3/c1-28-29-14-23-22(17-35)24(32-26(31-23)34-10-2-3-19(13-27)16-34)30-21-6-4-18(5-7-21)15-33-11-8-20(9-12-33)25(36)37/h4-7,14,17,19-20,28H,2-3,8-12,15-16H2,1H3,(H,36,37)(H,30,31,32)/b29-14-. The molecule has 2 aliphatic rings. The minimum Gasteiger partial charge on any atom is -0.481 e. The first-order valence-electron chi connectivity index (χ1n) is 12.5. The van der Waals surface area contributed by atoms with Crippen molar-refractivity contribution >= 4 is 35.9 Å². The van der Waals surface area contributed by atoms with Crippen molar-refractivity contribution in [2.24, 2.45) is 16.9 Å². The molecule has 11 nitrogen and oxygen atoms in total. The lowest BCUT2D eigenvalue weighted by molar-refractivity contribution is -0.143. The fourth-order valence-corrected chi connectivity index (χ4v) is 4.74. The molecule has 3 heterocycles. The van der Waals surface area contributed by atoms with Crippen LogP contribution in [0.5, 0.6) is 0 Å². The van der Waals surface area contributed by atoms with Crippen molar-refractivity contribution in [3.63, 3.8) is 0 Å². The molecule has 11 heteroatoms. The van der Waals surface area contributed by atoms with Crippen LogP contribution in [0.2, 0.25) is 0 Å². The molecule has 2 fully saturated rings. The number of carbonyl (C=O) groups excluding carboxylic acids is 1. The van der Waals surface area contributed by atoms with E-state index in [1.807, 2.05) is 29.2 Å². The molecule has 0 amide bonds. The van der Waals surface area contributed by atoms with Gasteiger partial charge in [-0.3, -0.25) is 14.5 Å². The molecule has 37 heavy (non-hydrogen) atoms. The van der Waals surface area contributed by atoms with E-state index in [0.717, 1.165) is 50.3 Å². The van der Waals surface area contributed by atoms with Crippen LogP contribution in [0.4, 0.5) is 17.5 Å². The van der Waals surface area contributed by atoms with Gasteiger partial charge in [0, 0.05) is 32.4 Å². The highest BCUT2D eigenvalue weighted by Crippen LogP contribution is 2.26. The van der Waals surface area contributed by atoms with Crippen LogP contribution in [0, 0.1) is 23.2 Å². The number of benzene rings is 1. The van der Waals surface area contributed by atoms with Crippen LogP contribution in [0.15, 0.2) is 29.4 Å². The Hall–Kier alpha value is -4.04. The summed E-state index contributed by atoms with van der Waals surface area (Å²) in [5.74, 6) is -0.210. The Balaban J connectivity index is 1.52. The van der Waals surface area contributed by atoms with Crippen molar-refractivity contribution in [1.82, 2.24) is 20.3 Å². The normalized spacial score (nSPS) is 18.9. The topological polar surface area (TPSA) is 147 Å².